The van der Waals surface area contributed by atoms with Gasteiger partial charge in [-0.1, -0.05) is 6.07 Å². The van der Waals surface area contributed by atoms with Crippen molar-refractivity contribution in [2.75, 3.05) is 11.5 Å². The van der Waals surface area contributed by atoms with Crippen LogP contribution in [0.3, 0.4) is 0 Å². The highest BCUT2D eigenvalue weighted by Gasteiger charge is 2.21. The summed E-state index contributed by atoms with van der Waals surface area (Å²) < 4.78 is 0. The second kappa shape index (κ2) is 3.81. The van der Waals surface area contributed by atoms with Crippen LogP contribution in [-0.4, -0.2) is 11.9 Å². The molecule has 0 radical (unpaired) electrons. The smallest absolute Gasteiger partial charge is 0.253 e. The van der Waals surface area contributed by atoms with Crippen molar-refractivity contribution in [1.29, 1.82) is 0 Å². The number of nitrogens with two attached hydrogens (primary N) is 2. The van der Waals surface area contributed by atoms with Crippen molar-refractivity contribution < 1.29 is 4.79 Å². The van der Waals surface area contributed by atoms with Crippen molar-refractivity contribution in [3.63, 3.8) is 0 Å². The third kappa shape index (κ3) is 1.88. The Hall–Kier alpha value is -1.71. The number of hydrogen-bond acceptors (Lipinski definition) is 3. The Morgan fingerprint density at radius 1 is 1.33 bits per heavy atom. The molecule has 1 saturated carbocycles. The van der Waals surface area contributed by atoms with Crippen molar-refractivity contribution in [2.24, 2.45) is 0 Å². The largest absolute Gasteiger partial charge is 0.397 e. The van der Waals surface area contributed by atoms with E-state index in [4.69, 9.17) is 11.5 Å². The molecule has 1 amide bonds. The molecule has 15 heavy (non-hydrogen) atoms. The molecule has 2 rings (SSSR count). The van der Waals surface area contributed by atoms with Crippen LogP contribution in [0.5, 0.6) is 0 Å². The zero-order valence-electron chi connectivity index (χ0n) is 8.49. The van der Waals surface area contributed by atoms with Crippen molar-refractivity contribution in [1.82, 2.24) is 5.32 Å². The Labute approximate surface area is 88.6 Å². The second-order valence-corrected chi connectivity index (χ2v) is 3.91. The highest BCUT2D eigenvalue weighted by molar-refractivity contribution is 6.01. The molecule has 4 heteroatoms. The third-order valence-electron chi connectivity index (χ3n) is 2.82. The Morgan fingerprint density at radius 2 is 2.07 bits per heavy atom. The number of amides is 1. The molecular formula is C11H15N3O. The van der Waals surface area contributed by atoms with E-state index in [1.165, 1.54) is 6.42 Å². The monoisotopic (exact) mass is 205 g/mol. The highest BCUT2D eigenvalue weighted by atomic mass is 16.1. The van der Waals surface area contributed by atoms with Crippen LogP contribution in [0.4, 0.5) is 11.4 Å². The van der Waals surface area contributed by atoms with Crippen molar-refractivity contribution in [3.05, 3.63) is 23.8 Å². The van der Waals surface area contributed by atoms with Gasteiger partial charge in [-0.3, -0.25) is 4.79 Å². The first kappa shape index (κ1) is 9.83. The number of rotatable bonds is 2. The predicted octanol–water partition coefficient (Wildman–Crippen LogP) is 1.13. The van der Waals surface area contributed by atoms with Crippen LogP contribution >= 0.6 is 0 Å². The van der Waals surface area contributed by atoms with Crippen LogP contribution in [0.15, 0.2) is 18.2 Å². The van der Waals surface area contributed by atoms with Gasteiger partial charge < -0.3 is 16.8 Å². The van der Waals surface area contributed by atoms with Gasteiger partial charge in [0.2, 0.25) is 0 Å². The molecule has 80 valence electrons. The molecule has 0 bridgehead atoms. The SMILES string of the molecule is Nc1cccc(C(=O)NC2CCC2)c1N. The normalized spacial score (nSPS) is 15.7. The van der Waals surface area contributed by atoms with Crippen LogP contribution in [-0.2, 0) is 0 Å². The molecule has 0 saturated heterocycles. The van der Waals surface area contributed by atoms with Crippen LogP contribution in [0.1, 0.15) is 29.6 Å². The van der Waals surface area contributed by atoms with E-state index in [2.05, 4.69) is 5.32 Å². The van der Waals surface area contributed by atoms with E-state index in [-0.39, 0.29) is 5.91 Å². The maximum absolute atomic E-state index is 11.8. The molecule has 0 atom stereocenters. The van der Waals surface area contributed by atoms with Gasteiger partial charge >= 0.3 is 0 Å². The van der Waals surface area contributed by atoms with Gasteiger partial charge in [0, 0.05) is 6.04 Å². The van der Waals surface area contributed by atoms with Gasteiger partial charge in [0.25, 0.3) is 5.91 Å². The average molecular weight is 205 g/mol. The minimum atomic E-state index is -0.121. The second-order valence-electron chi connectivity index (χ2n) is 3.91. The van der Waals surface area contributed by atoms with Gasteiger partial charge in [-0.2, -0.15) is 0 Å². The number of nitrogen functional groups attached to an aromatic ring is 2. The molecule has 0 heterocycles. The van der Waals surface area contributed by atoms with E-state index in [0.29, 0.717) is 23.0 Å². The summed E-state index contributed by atoms with van der Waals surface area (Å²) >= 11 is 0. The summed E-state index contributed by atoms with van der Waals surface area (Å²) in [6.45, 7) is 0. The van der Waals surface area contributed by atoms with Gasteiger partial charge in [-0.25, -0.2) is 0 Å². The first-order valence-electron chi connectivity index (χ1n) is 5.13. The fourth-order valence-corrected chi connectivity index (χ4v) is 1.60. The Morgan fingerprint density at radius 3 is 2.67 bits per heavy atom. The lowest BCUT2D eigenvalue weighted by Gasteiger charge is -2.26. The number of para-hydroxylation sites is 1. The summed E-state index contributed by atoms with van der Waals surface area (Å²) in [5.74, 6) is -0.121. The van der Waals surface area contributed by atoms with Gasteiger partial charge in [0.05, 0.1) is 16.9 Å². The first-order chi connectivity index (χ1) is 7.18. The lowest BCUT2D eigenvalue weighted by Crippen LogP contribution is -2.39. The summed E-state index contributed by atoms with van der Waals surface area (Å²) in [7, 11) is 0. The fourth-order valence-electron chi connectivity index (χ4n) is 1.60. The van der Waals surface area contributed by atoms with E-state index in [1.54, 1.807) is 18.2 Å². The highest BCUT2D eigenvalue weighted by Crippen LogP contribution is 2.22. The molecule has 1 fully saturated rings. The van der Waals surface area contributed by atoms with E-state index < -0.39 is 0 Å². The minimum absolute atomic E-state index is 0.121. The lowest BCUT2D eigenvalue weighted by molar-refractivity contribution is 0.0918. The number of nitrogens with one attached hydrogen (secondary N) is 1. The molecule has 0 aliphatic heterocycles. The Kier molecular flexibility index (Phi) is 2.49. The van der Waals surface area contributed by atoms with Crippen LogP contribution < -0.4 is 16.8 Å². The van der Waals surface area contributed by atoms with E-state index >= 15 is 0 Å². The fraction of sp³-hybridized carbons (Fsp3) is 0.364. The summed E-state index contributed by atoms with van der Waals surface area (Å²) in [5.41, 5.74) is 12.7. The maximum atomic E-state index is 11.8. The molecule has 1 aromatic carbocycles. The zero-order valence-corrected chi connectivity index (χ0v) is 8.49. The minimum Gasteiger partial charge on any atom is -0.397 e. The molecule has 1 aliphatic rings. The quantitative estimate of drug-likeness (QED) is 0.633. The first-order valence-corrected chi connectivity index (χ1v) is 5.13. The molecule has 1 aliphatic carbocycles. The van der Waals surface area contributed by atoms with Crippen LogP contribution in [0.2, 0.25) is 0 Å². The van der Waals surface area contributed by atoms with E-state index in [0.717, 1.165) is 12.8 Å². The van der Waals surface area contributed by atoms with Crippen molar-refractivity contribution in [3.8, 4) is 0 Å². The molecule has 0 unspecified atom stereocenters. The Bertz CT molecular complexity index is 385. The van der Waals surface area contributed by atoms with Crippen molar-refractivity contribution >= 4 is 17.3 Å². The van der Waals surface area contributed by atoms with Crippen molar-refractivity contribution in [2.45, 2.75) is 25.3 Å². The molecule has 1 aromatic rings. The molecule has 4 nitrogen and oxygen atoms in total. The van der Waals surface area contributed by atoms with E-state index in [1.807, 2.05) is 0 Å². The molecule has 0 spiro atoms. The number of benzene rings is 1. The van der Waals surface area contributed by atoms with Gasteiger partial charge in [0.1, 0.15) is 0 Å². The predicted molar refractivity (Wildman–Crippen MR) is 60.4 cm³/mol. The molecular weight excluding hydrogens is 190 g/mol. The summed E-state index contributed by atoms with van der Waals surface area (Å²) in [6, 6.07) is 5.44. The lowest BCUT2D eigenvalue weighted by atomic mass is 9.93. The van der Waals surface area contributed by atoms with Crippen LogP contribution in [0, 0.1) is 0 Å². The third-order valence-corrected chi connectivity index (χ3v) is 2.82. The maximum Gasteiger partial charge on any atom is 0.253 e. The average Bonchev–Trinajstić information content (AvgIpc) is 2.15. The van der Waals surface area contributed by atoms with Crippen LogP contribution in [0.25, 0.3) is 0 Å². The van der Waals surface area contributed by atoms with Gasteiger partial charge in [-0.15, -0.1) is 0 Å². The number of carbonyl (C=O) groups excluding carboxylic acids is 1. The number of carbonyl (C=O) groups is 1. The standard InChI is InChI=1S/C11H15N3O/c12-9-6-2-5-8(10(9)13)11(15)14-7-3-1-4-7/h2,5-7H,1,3-4,12-13H2,(H,14,15). The molecule has 0 aromatic heterocycles. The number of anilines is 2. The number of hydrogen-bond donors (Lipinski definition) is 3. The van der Waals surface area contributed by atoms with Gasteiger partial charge in [0.15, 0.2) is 0 Å². The molecule has 5 N–H and O–H groups in total. The summed E-state index contributed by atoms with van der Waals surface area (Å²) in [6.07, 6.45) is 3.32. The topological polar surface area (TPSA) is 81.1 Å². The Balaban J connectivity index is 2.13. The zero-order chi connectivity index (χ0) is 10.8. The van der Waals surface area contributed by atoms with E-state index in [9.17, 15) is 4.79 Å². The summed E-state index contributed by atoms with van der Waals surface area (Å²) in [4.78, 5) is 11.8. The van der Waals surface area contributed by atoms with Gasteiger partial charge in [-0.05, 0) is 31.4 Å². The summed E-state index contributed by atoms with van der Waals surface area (Å²) in [5, 5.41) is 2.93.